The van der Waals surface area contributed by atoms with E-state index in [1.165, 1.54) is 22.3 Å². The van der Waals surface area contributed by atoms with Crippen molar-refractivity contribution in [1.82, 2.24) is 0 Å². The van der Waals surface area contributed by atoms with Gasteiger partial charge >= 0.3 is 5.97 Å². The molecule has 0 radical (unpaired) electrons. The predicted octanol–water partition coefficient (Wildman–Crippen LogP) is 3.51. The van der Waals surface area contributed by atoms with Gasteiger partial charge in [-0.25, -0.2) is 4.79 Å². The highest BCUT2D eigenvalue weighted by Gasteiger charge is 2.27. The third-order valence-corrected chi connectivity index (χ3v) is 4.34. The van der Waals surface area contributed by atoms with Crippen LogP contribution >= 0.6 is 0 Å². The molecule has 2 aliphatic rings. The number of carboxylic acid groups (broad SMARTS) is 1. The fourth-order valence-corrected chi connectivity index (χ4v) is 3.14. The summed E-state index contributed by atoms with van der Waals surface area (Å²) in [5.74, 6) is -0.858. The number of rotatable bonds is 4. The van der Waals surface area contributed by atoms with Crippen molar-refractivity contribution >= 4 is 12.0 Å². The molecule has 0 aromatic heterocycles. The highest BCUT2D eigenvalue weighted by molar-refractivity contribution is 5.93. The summed E-state index contributed by atoms with van der Waals surface area (Å²) in [6.07, 6.45) is 3.24. The minimum absolute atomic E-state index is 0.0799. The number of epoxide rings is 1. The number of carboxylic acids is 1. The summed E-state index contributed by atoms with van der Waals surface area (Å²) < 4.78 is 5.17. The number of benzene rings is 2. The normalized spacial score (nSPS) is 18.7. The van der Waals surface area contributed by atoms with Gasteiger partial charge in [0.25, 0.3) is 0 Å². The molecular weight excluding hydrogens is 276 g/mol. The van der Waals surface area contributed by atoms with Crippen molar-refractivity contribution in [2.45, 2.75) is 18.9 Å². The third kappa shape index (κ3) is 2.34. The first kappa shape index (κ1) is 13.3. The second kappa shape index (κ2) is 5.11. The molecule has 0 amide bonds. The van der Waals surface area contributed by atoms with Crippen LogP contribution in [0.4, 0.5) is 0 Å². The molecule has 1 unspecified atom stereocenters. The Labute approximate surface area is 128 Å². The van der Waals surface area contributed by atoms with Gasteiger partial charge in [-0.05, 0) is 40.3 Å². The molecule has 1 N–H and O–H groups in total. The fraction of sp³-hybridized carbons (Fsp3) is 0.211. The minimum Gasteiger partial charge on any atom is -0.478 e. The summed E-state index contributed by atoms with van der Waals surface area (Å²) in [7, 11) is 0. The molecule has 22 heavy (non-hydrogen) atoms. The van der Waals surface area contributed by atoms with Crippen LogP contribution in [0.2, 0.25) is 0 Å². The van der Waals surface area contributed by atoms with E-state index in [0.717, 1.165) is 12.0 Å². The Bertz CT molecular complexity index is 785. The zero-order chi connectivity index (χ0) is 15.1. The summed E-state index contributed by atoms with van der Waals surface area (Å²) in [6.45, 7) is 0.670. The standard InChI is InChI=1S/C19H16O3/c20-19(21)14(9-15-11-22-15)8-12-5-3-7-17-16-6-2-1-4-13(16)10-18(12)17/h1-8,15H,9-11H2,(H,20,21). The molecule has 3 heteroatoms. The molecule has 0 spiro atoms. The first-order valence-corrected chi connectivity index (χ1v) is 7.48. The van der Waals surface area contributed by atoms with Gasteiger partial charge in [0.15, 0.2) is 0 Å². The molecule has 4 rings (SSSR count). The SMILES string of the molecule is O=C(O)C(=Cc1cccc2c1Cc1ccccc1-2)CC1CO1. The number of fused-ring (bicyclic) bond motifs is 3. The van der Waals surface area contributed by atoms with Crippen LogP contribution in [0.5, 0.6) is 0 Å². The molecule has 0 saturated carbocycles. The molecule has 1 aliphatic carbocycles. The molecule has 2 aromatic carbocycles. The Morgan fingerprint density at radius 1 is 1.18 bits per heavy atom. The first-order valence-electron chi connectivity index (χ1n) is 7.48. The largest absolute Gasteiger partial charge is 0.478 e. The average molecular weight is 292 g/mol. The van der Waals surface area contributed by atoms with E-state index in [2.05, 4.69) is 18.2 Å². The predicted molar refractivity (Wildman–Crippen MR) is 84.7 cm³/mol. The molecule has 1 atom stereocenters. The Kier molecular flexibility index (Phi) is 3.09. The topological polar surface area (TPSA) is 49.8 Å². The van der Waals surface area contributed by atoms with Crippen LogP contribution in [0, 0.1) is 0 Å². The van der Waals surface area contributed by atoms with E-state index < -0.39 is 5.97 Å². The zero-order valence-corrected chi connectivity index (χ0v) is 12.1. The molecule has 110 valence electrons. The average Bonchev–Trinajstić information content (AvgIpc) is 3.25. The van der Waals surface area contributed by atoms with E-state index in [1.54, 1.807) is 0 Å². The van der Waals surface area contributed by atoms with Crippen molar-refractivity contribution in [3.8, 4) is 11.1 Å². The number of carbonyl (C=O) groups is 1. The summed E-state index contributed by atoms with van der Waals surface area (Å²) in [5, 5.41) is 9.41. The molecular formula is C19H16O3. The minimum atomic E-state index is -0.858. The van der Waals surface area contributed by atoms with Crippen LogP contribution in [-0.2, 0) is 16.0 Å². The first-order chi connectivity index (χ1) is 10.7. The van der Waals surface area contributed by atoms with Gasteiger partial charge in [-0.15, -0.1) is 0 Å². The van der Waals surface area contributed by atoms with E-state index in [1.807, 2.05) is 30.3 Å². The lowest BCUT2D eigenvalue weighted by atomic mass is 9.98. The lowest BCUT2D eigenvalue weighted by Gasteiger charge is -2.06. The van der Waals surface area contributed by atoms with E-state index in [0.29, 0.717) is 18.6 Å². The third-order valence-electron chi connectivity index (χ3n) is 4.34. The van der Waals surface area contributed by atoms with Crippen molar-refractivity contribution in [2.75, 3.05) is 6.61 Å². The van der Waals surface area contributed by atoms with Gasteiger partial charge in [0, 0.05) is 12.0 Å². The summed E-state index contributed by atoms with van der Waals surface area (Å²) >= 11 is 0. The zero-order valence-electron chi connectivity index (χ0n) is 12.1. The van der Waals surface area contributed by atoms with Gasteiger partial charge in [-0.3, -0.25) is 0 Å². The second-order valence-electron chi connectivity index (χ2n) is 5.84. The molecule has 1 aliphatic heterocycles. The van der Waals surface area contributed by atoms with Gasteiger partial charge in [-0.2, -0.15) is 0 Å². The van der Waals surface area contributed by atoms with Crippen molar-refractivity contribution < 1.29 is 14.6 Å². The quantitative estimate of drug-likeness (QED) is 0.591. The Hall–Kier alpha value is -2.39. The van der Waals surface area contributed by atoms with Crippen LogP contribution in [0.1, 0.15) is 23.1 Å². The van der Waals surface area contributed by atoms with Crippen LogP contribution in [0.25, 0.3) is 17.2 Å². The Morgan fingerprint density at radius 3 is 2.73 bits per heavy atom. The number of ether oxygens (including phenoxy) is 1. The molecule has 1 fully saturated rings. The molecule has 1 saturated heterocycles. The van der Waals surface area contributed by atoms with E-state index >= 15 is 0 Å². The van der Waals surface area contributed by atoms with Crippen LogP contribution in [0.3, 0.4) is 0 Å². The van der Waals surface area contributed by atoms with E-state index in [4.69, 9.17) is 4.74 Å². The van der Waals surface area contributed by atoms with Crippen molar-refractivity contribution in [1.29, 1.82) is 0 Å². The molecule has 2 aromatic rings. The Morgan fingerprint density at radius 2 is 1.95 bits per heavy atom. The van der Waals surface area contributed by atoms with E-state index in [9.17, 15) is 9.90 Å². The smallest absolute Gasteiger partial charge is 0.331 e. The summed E-state index contributed by atoms with van der Waals surface area (Å²) in [6, 6.07) is 14.5. The monoisotopic (exact) mass is 292 g/mol. The van der Waals surface area contributed by atoms with Gasteiger partial charge in [0.2, 0.25) is 0 Å². The summed E-state index contributed by atoms with van der Waals surface area (Å²) in [4.78, 5) is 11.5. The maximum Gasteiger partial charge on any atom is 0.331 e. The van der Waals surface area contributed by atoms with E-state index in [-0.39, 0.29) is 6.10 Å². The maximum absolute atomic E-state index is 11.5. The van der Waals surface area contributed by atoms with Gasteiger partial charge in [0.05, 0.1) is 12.7 Å². The summed E-state index contributed by atoms with van der Waals surface area (Å²) in [5.41, 5.74) is 6.44. The number of hydrogen-bond acceptors (Lipinski definition) is 2. The highest BCUT2D eigenvalue weighted by Crippen LogP contribution is 2.38. The fourth-order valence-electron chi connectivity index (χ4n) is 3.14. The second-order valence-corrected chi connectivity index (χ2v) is 5.84. The maximum atomic E-state index is 11.5. The van der Waals surface area contributed by atoms with Crippen LogP contribution < -0.4 is 0 Å². The van der Waals surface area contributed by atoms with Gasteiger partial charge < -0.3 is 9.84 Å². The number of aliphatic carboxylic acids is 1. The molecule has 0 bridgehead atoms. The van der Waals surface area contributed by atoms with Crippen LogP contribution in [0.15, 0.2) is 48.0 Å². The number of hydrogen-bond donors (Lipinski definition) is 1. The van der Waals surface area contributed by atoms with Crippen molar-refractivity contribution in [3.05, 3.63) is 64.7 Å². The van der Waals surface area contributed by atoms with Gasteiger partial charge in [0.1, 0.15) is 0 Å². The van der Waals surface area contributed by atoms with Gasteiger partial charge in [-0.1, -0.05) is 42.5 Å². The molecule has 1 heterocycles. The van der Waals surface area contributed by atoms with Crippen molar-refractivity contribution in [2.24, 2.45) is 0 Å². The van der Waals surface area contributed by atoms with Crippen LogP contribution in [-0.4, -0.2) is 23.8 Å². The lowest BCUT2D eigenvalue weighted by molar-refractivity contribution is -0.132. The van der Waals surface area contributed by atoms with Crippen molar-refractivity contribution in [3.63, 3.8) is 0 Å². The lowest BCUT2D eigenvalue weighted by Crippen LogP contribution is -2.04. The highest BCUT2D eigenvalue weighted by atomic mass is 16.6. The Balaban J connectivity index is 1.76. The molecule has 3 nitrogen and oxygen atoms in total.